The summed E-state index contributed by atoms with van der Waals surface area (Å²) in [4.78, 5) is 28.7. The number of hydrogen-bond acceptors (Lipinski definition) is 5. The molecular weight excluding hydrogens is 416 g/mol. The van der Waals surface area contributed by atoms with Crippen LogP contribution in [0.1, 0.15) is 22.3 Å². The molecule has 0 saturated heterocycles. The summed E-state index contributed by atoms with van der Waals surface area (Å²) in [7, 11) is 3.06. The summed E-state index contributed by atoms with van der Waals surface area (Å²) in [5, 5.41) is 3.24. The highest BCUT2D eigenvalue weighted by Gasteiger charge is 2.42. The van der Waals surface area contributed by atoms with Crippen molar-refractivity contribution >= 4 is 28.8 Å². The molecular formula is C27H26N2O4. The number of aryl methyl sites for hydroxylation is 3. The lowest BCUT2D eigenvalue weighted by Gasteiger charge is -2.19. The maximum absolute atomic E-state index is 13.8. The van der Waals surface area contributed by atoms with Crippen LogP contribution in [-0.2, 0) is 9.59 Å². The molecule has 6 nitrogen and oxygen atoms in total. The smallest absolute Gasteiger partial charge is 0.282 e. The Kier molecular flexibility index (Phi) is 5.92. The molecule has 3 aromatic rings. The molecule has 4 rings (SSSR count). The molecule has 0 fully saturated rings. The summed E-state index contributed by atoms with van der Waals surface area (Å²) in [6.45, 7) is 5.87. The number of carbonyl (C=O) groups excluding carboxylic acids is 2. The van der Waals surface area contributed by atoms with Crippen molar-refractivity contribution in [3.63, 3.8) is 0 Å². The lowest BCUT2D eigenvalue weighted by atomic mass is 10.0. The maximum atomic E-state index is 13.8. The van der Waals surface area contributed by atoms with Crippen LogP contribution in [0.15, 0.2) is 66.4 Å². The summed E-state index contributed by atoms with van der Waals surface area (Å²) < 4.78 is 11.0. The molecule has 6 heteroatoms. The first-order valence-electron chi connectivity index (χ1n) is 10.6. The Morgan fingerprint density at radius 1 is 0.758 bits per heavy atom. The molecule has 1 heterocycles. The summed E-state index contributed by atoms with van der Waals surface area (Å²) in [5.74, 6) is 0.0477. The molecule has 0 radical (unpaired) electrons. The Labute approximate surface area is 193 Å². The van der Waals surface area contributed by atoms with Crippen LogP contribution in [0, 0.1) is 20.8 Å². The Morgan fingerprint density at radius 3 is 2.12 bits per heavy atom. The normalized spacial score (nSPS) is 13.5. The van der Waals surface area contributed by atoms with Crippen molar-refractivity contribution in [2.45, 2.75) is 20.8 Å². The topological polar surface area (TPSA) is 67.9 Å². The molecule has 33 heavy (non-hydrogen) atoms. The molecule has 0 aliphatic carbocycles. The Bertz CT molecular complexity index is 1290. The van der Waals surface area contributed by atoms with Gasteiger partial charge >= 0.3 is 0 Å². The fourth-order valence-electron chi connectivity index (χ4n) is 4.03. The number of carbonyl (C=O) groups is 2. The number of methoxy groups -OCH3 is 2. The summed E-state index contributed by atoms with van der Waals surface area (Å²) in [5.41, 5.74) is 5.12. The van der Waals surface area contributed by atoms with E-state index in [-0.39, 0.29) is 11.3 Å². The quantitative estimate of drug-likeness (QED) is 0.543. The second-order valence-electron chi connectivity index (χ2n) is 8.01. The minimum Gasteiger partial charge on any atom is -0.496 e. The van der Waals surface area contributed by atoms with Crippen LogP contribution < -0.4 is 19.7 Å². The van der Waals surface area contributed by atoms with E-state index < -0.39 is 11.8 Å². The standard InChI is InChI=1S/C27H26N2O4/c1-16-10-12-20(18(3)14-16)28-25-24(19-8-6-7-9-22(19)32-4)26(30)29(27(25)31)21-15-17(2)11-13-23(21)33-5/h6-15,28H,1-5H3. The number of amides is 2. The number of para-hydroxylation sites is 1. The lowest BCUT2D eigenvalue weighted by Crippen LogP contribution is -2.32. The summed E-state index contributed by atoms with van der Waals surface area (Å²) in [6.07, 6.45) is 0. The number of benzene rings is 3. The third-order valence-electron chi connectivity index (χ3n) is 5.68. The van der Waals surface area contributed by atoms with Gasteiger partial charge in [-0.05, 0) is 56.2 Å². The fourth-order valence-corrected chi connectivity index (χ4v) is 4.03. The van der Waals surface area contributed by atoms with E-state index in [0.717, 1.165) is 22.4 Å². The van der Waals surface area contributed by atoms with Crippen LogP contribution in [0.2, 0.25) is 0 Å². The van der Waals surface area contributed by atoms with E-state index in [2.05, 4.69) is 5.32 Å². The summed E-state index contributed by atoms with van der Waals surface area (Å²) >= 11 is 0. The number of anilines is 2. The van der Waals surface area contributed by atoms with Gasteiger partial charge in [-0.15, -0.1) is 0 Å². The average Bonchev–Trinajstić information content (AvgIpc) is 3.04. The Hall–Kier alpha value is -4.06. The van der Waals surface area contributed by atoms with Crippen molar-refractivity contribution < 1.29 is 19.1 Å². The molecule has 168 valence electrons. The first-order valence-corrected chi connectivity index (χ1v) is 10.6. The van der Waals surface area contributed by atoms with Crippen molar-refractivity contribution in [1.82, 2.24) is 0 Å². The van der Waals surface area contributed by atoms with E-state index in [9.17, 15) is 9.59 Å². The second kappa shape index (κ2) is 8.82. The zero-order chi connectivity index (χ0) is 23.7. The highest BCUT2D eigenvalue weighted by atomic mass is 16.5. The number of ether oxygens (including phenoxy) is 2. The van der Waals surface area contributed by atoms with E-state index in [1.54, 1.807) is 31.4 Å². The van der Waals surface area contributed by atoms with Crippen molar-refractivity contribution in [1.29, 1.82) is 0 Å². The molecule has 0 atom stereocenters. The summed E-state index contributed by atoms with van der Waals surface area (Å²) in [6, 6.07) is 18.5. The minimum atomic E-state index is -0.454. The van der Waals surface area contributed by atoms with Gasteiger partial charge in [-0.3, -0.25) is 9.59 Å². The molecule has 2 amide bonds. The van der Waals surface area contributed by atoms with Crippen LogP contribution in [0.5, 0.6) is 11.5 Å². The van der Waals surface area contributed by atoms with Gasteiger partial charge in [-0.25, -0.2) is 4.90 Å². The Balaban J connectivity index is 1.91. The zero-order valence-electron chi connectivity index (χ0n) is 19.4. The molecule has 0 bridgehead atoms. The molecule has 1 aliphatic rings. The van der Waals surface area contributed by atoms with Gasteiger partial charge < -0.3 is 14.8 Å². The first-order chi connectivity index (χ1) is 15.8. The maximum Gasteiger partial charge on any atom is 0.282 e. The van der Waals surface area contributed by atoms with Gasteiger partial charge in [0, 0.05) is 11.3 Å². The van der Waals surface area contributed by atoms with Gasteiger partial charge in [-0.2, -0.15) is 0 Å². The van der Waals surface area contributed by atoms with Gasteiger partial charge in [0.15, 0.2) is 0 Å². The third-order valence-corrected chi connectivity index (χ3v) is 5.68. The van der Waals surface area contributed by atoms with E-state index in [4.69, 9.17) is 9.47 Å². The molecule has 0 spiro atoms. The fraction of sp³-hybridized carbons (Fsp3) is 0.185. The number of hydrogen-bond donors (Lipinski definition) is 1. The van der Waals surface area contributed by atoms with Crippen molar-refractivity contribution in [2.24, 2.45) is 0 Å². The monoisotopic (exact) mass is 442 g/mol. The average molecular weight is 443 g/mol. The van der Waals surface area contributed by atoms with Gasteiger partial charge in [0.05, 0.1) is 25.5 Å². The predicted octanol–water partition coefficient (Wildman–Crippen LogP) is 5.03. The largest absolute Gasteiger partial charge is 0.496 e. The minimum absolute atomic E-state index is 0.194. The van der Waals surface area contributed by atoms with E-state index in [1.807, 2.05) is 57.2 Å². The number of nitrogens with one attached hydrogen (secondary N) is 1. The molecule has 0 saturated carbocycles. The van der Waals surface area contributed by atoms with Gasteiger partial charge in [0.2, 0.25) is 0 Å². The van der Waals surface area contributed by atoms with E-state index >= 15 is 0 Å². The predicted molar refractivity (Wildman–Crippen MR) is 130 cm³/mol. The SMILES string of the molecule is COc1ccccc1C1=C(Nc2ccc(C)cc2C)C(=O)N(c2cc(C)ccc2OC)C1=O. The van der Waals surface area contributed by atoms with Crippen LogP contribution in [0.25, 0.3) is 5.57 Å². The lowest BCUT2D eigenvalue weighted by molar-refractivity contribution is -0.120. The number of imide groups is 1. The first kappa shape index (κ1) is 22.1. The molecule has 1 N–H and O–H groups in total. The van der Waals surface area contributed by atoms with Crippen LogP contribution in [0.4, 0.5) is 11.4 Å². The van der Waals surface area contributed by atoms with Gasteiger partial charge in [-0.1, -0.05) is 42.0 Å². The highest BCUT2D eigenvalue weighted by Crippen LogP contribution is 2.40. The highest BCUT2D eigenvalue weighted by molar-refractivity contribution is 6.46. The van der Waals surface area contributed by atoms with Crippen LogP contribution >= 0.6 is 0 Å². The van der Waals surface area contributed by atoms with Crippen molar-refractivity contribution in [3.05, 3.63) is 88.6 Å². The van der Waals surface area contributed by atoms with Crippen molar-refractivity contribution in [2.75, 3.05) is 24.4 Å². The van der Waals surface area contributed by atoms with Crippen molar-refractivity contribution in [3.8, 4) is 11.5 Å². The zero-order valence-corrected chi connectivity index (χ0v) is 19.4. The van der Waals surface area contributed by atoms with Gasteiger partial charge in [0.25, 0.3) is 11.8 Å². The number of rotatable bonds is 6. The van der Waals surface area contributed by atoms with Crippen LogP contribution in [0.3, 0.4) is 0 Å². The van der Waals surface area contributed by atoms with Gasteiger partial charge in [0.1, 0.15) is 17.2 Å². The van der Waals surface area contributed by atoms with Crippen LogP contribution in [-0.4, -0.2) is 26.0 Å². The second-order valence-corrected chi connectivity index (χ2v) is 8.01. The molecule has 1 aliphatic heterocycles. The molecule has 0 aromatic heterocycles. The number of nitrogens with zero attached hydrogens (tertiary/aromatic N) is 1. The molecule has 0 unspecified atom stereocenters. The van der Waals surface area contributed by atoms with E-state index in [0.29, 0.717) is 22.7 Å². The third kappa shape index (κ3) is 3.96. The Morgan fingerprint density at radius 2 is 1.42 bits per heavy atom. The molecule has 3 aromatic carbocycles. The van der Waals surface area contributed by atoms with E-state index in [1.165, 1.54) is 12.0 Å².